The van der Waals surface area contributed by atoms with Gasteiger partial charge in [0.05, 0.1) is 11.6 Å². The highest BCUT2D eigenvalue weighted by atomic mass is 32.1. The fourth-order valence-corrected chi connectivity index (χ4v) is 5.14. The lowest BCUT2D eigenvalue weighted by Crippen LogP contribution is -2.35. The highest BCUT2D eigenvalue weighted by Crippen LogP contribution is 2.32. The second-order valence-electron chi connectivity index (χ2n) is 7.66. The molecule has 0 unspecified atom stereocenters. The summed E-state index contributed by atoms with van der Waals surface area (Å²) in [5.74, 6) is -0.270. The fourth-order valence-electron chi connectivity index (χ4n) is 4.42. The Morgan fingerprint density at radius 3 is 2.93 bits per heavy atom. The first kappa shape index (κ1) is 17.4. The fraction of sp³-hybridized carbons (Fsp3) is 0.381. The van der Waals surface area contributed by atoms with E-state index in [9.17, 15) is 9.59 Å². The smallest absolute Gasteiger partial charge is 0.231 e. The molecule has 2 aliphatic rings. The van der Waals surface area contributed by atoms with Crippen LogP contribution in [0.1, 0.15) is 32.1 Å². The van der Waals surface area contributed by atoms with E-state index in [0.29, 0.717) is 24.1 Å². The van der Waals surface area contributed by atoms with Crippen LogP contribution in [0.25, 0.3) is 22.2 Å². The number of nitrogens with one attached hydrogen (secondary N) is 2. The Morgan fingerprint density at radius 2 is 2.07 bits per heavy atom. The molecular weight excluding hydrogens is 372 g/mol. The van der Waals surface area contributed by atoms with Gasteiger partial charge in [-0.15, -0.1) is 11.3 Å². The molecule has 2 N–H and O–H groups in total. The van der Waals surface area contributed by atoms with Gasteiger partial charge in [0.1, 0.15) is 0 Å². The second-order valence-corrected chi connectivity index (χ2v) is 8.52. The van der Waals surface area contributed by atoms with Gasteiger partial charge in [0, 0.05) is 47.1 Å². The predicted octanol–water partition coefficient (Wildman–Crippen LogP) is 4.02. The summed E-state index contributed by atoms with van der Waals surface area (Å²) in [7, 11) is 0. The van der Waals surface area contributed by atoms with Crippen molar-refractivity contribution in [1.29, 1.82) is 0 Å². The van der Waals surface area contributed by atoms with E-state index < -0.39 is 0 Å². The maximum Gasteiger partial charge on any atom is 0.231 e. The van der Waals surface area contributed by atoms with E-state index in [2.05, 4.69) is 21.4 Å². The molecule has 3 heterocycles. The SMILES string of the molecule is O=C(Nc1nc(-c2c[nH]c3ccccc23)cs1)[C@H]1CC(=O)N(C2CCCC2)C1. The zero-order valence-electron chi connectivity index (χ0n) is 15.5. The Morgan fingerprint density at radius 1 is 1.25 bits per heavy atom. The average Bonchev–Trinajstić information content (AvgIpc) is 3.47. The van der Waals surface area contributed by atoms with Crippen molar-refractivity contribution in [1.82, 2.24) is 14.9 Å². The molecule has 1 aromatic carbocycles. The van der Waals surface area contributed by atoms with E-state index >= 15 is 0 Å². The van der Waals surface area contributed by atoms with Crippen LogP contribution in [-0.2, 0) is 9.59 Å². The Hall–Kier alpha value is -2.67. The molecule has 2 amide bonds. The largest absolute Gasteiger partial charge is 0.360 e. The molecule has 28 heavy (non-hydrogen) atoms. The molecule has 144 valence electrons. The first-order valence-electron chi connectivity index (χ1n) is 9.81. The number of benzene rings is 1. The molecule has 0 spiro atoms. The number of para-hydroxylation sites is 1. The van der Waals surface area contributed by atoms with Gasteiger partial charge in [-0.05, 0) is 18.9 Å². The summed E-state index contributed by atoms with van der Waals surface area (Å²) in [6.45, 7) is 0.538. The summed E-state index contributed by atoms with van der Waals surface area (Å²) in [4.78, 5) is 34.8. The normalized spacial score (nSPS) is 20.4. The number of rotatable bonds is 4. The molecule has 7 heteroatoms. The number of thiazole rings is 1. The van der Waals surface area contributed by atoms with Gasteiger partial charge >= 0.3 is 0 Å². The maximum atomic E-state index is 12.7. The van der Waals surface area contributed by atoms with Crippen LogP contribution < -0.4 is 5.32 Å². The van der Waals surface area contributed by atoms with Gasteiger partial charge in [-0.25, -0.2) is 4.98 Å². The number of fused-ring (bicyclic) bond motifs is 1. The van der Waals surface area contributed by atoms with Crippen molar-refractivity contribution in [3.63, 3.8) is 0 Å². The third kappa shape index (κ3) is 3.09. The minimum atomic E-state index is -0.284. The predicted molar refractivity (Wildman–Crippen MR) is 110 cm³/mol. The molecule has 0 radical (unpaired) electrons. The Balaban J connectivity index is 1.28. The van der Waals surface area contributed by atoms with Crippen molar-refractivity contribution in [2.75, 3.05) is 11.9 Å². The van der Waals surface area contributed by atoms with Crippen molar-refractivity contribution in [2.45, 2.75) is 38.1 Å². The summed E-state index contributed by atoms with van der Waals surface area (Å²) >= 11 is 1.41. The van der Waals surface area contributed by atoms with Crippen LogP contribution in [0.5, 0.6) is 0 Å². The van der Waals surface area contributed by atoms with Gasteiger partial charge in [0.25, 0.3) is 0 Å². The minimum Gasteiger partial charge on any atom is -0.360 e. The standard InChI is InChI=1S/C21H22N4O2S/c26-19-9-13(11-25(19)14-5-1-2-6-14)20(27)24-21-23-18(12-28-21)16-10-22-17-8-4-3-7-15(16)17/h3-4,7-8,10,12-14,22H,1-2,5-6,9,11H2,(H,23,24,27)/t13-/m0/s1. The van der Waals surface area contributed by atoms with Gasteiger partial charge in [-0.3, -0.25) is 9.59 Å². The van der Waals surface area contributed by atoms with Crippen molar-refractivity contribution < 1.29 is 9.59 Å². The number of H-pyrrole nitrogens is 1. The molecule has 1 aliphatic heterocycles. The molecule has 3 aromatic rings. The van der Waals surface area contributed by atoms with E-state index in [1.807, 2.05) is 34.7 Å². The van der Waals surface area contributed by atoms with E-state index in [1.54, 1.807) is 0 Å². The third-order valence-corrected chi connectivity index (χ3v) is 6.65. The van der Waals surface area contributed by atoms with Crippen LogP contribution in [0.15, 0.2) is 35.8 Å². The lowest BCUT2D eigenvalue weighted by atomic mass is 10.1. The van der Waals surface area contributed by atoms with Crippen LogP contribution >= 0.6 is 11.3 Å². The van der Waals surface area contributed by atoms with Crippen LogP contribution in [0.3, 0.4) is 0 Å². The molecule has 2 fully saturated rings. The number of carbonyl (C=O) groups excluding carboxylic acids is 2. The summed E-state index contributed by atoms with van der Waals surface area (Å²) < 4.78 is 0. The molecule has 1 atom stereocenters. The monoisotopic (exact) mass is 394 g/mol. The number of anilines is 1. The zero-order chi connectivity index (χ0) is 19.1. The summed E-state index contributed by atoms with van der Waals surface area (Å²) in [6, 6.07) is 8.41. The van der Waals surface area contributed by atoms with Crippen LogP contribution in [0, 0.1) is 5.92 Å². The third-order valence-electron chi connectivity index (χ3n) is 5.89. The van der Waals surface area contributed by atoms with Crippen LogP contribution in [0.4, 0.5) is 5.13 Å². The summed E-state index contributed by atoms with van der Waals surface area (Å²) in [5, 5.41) is 6.57. The van der Waals surface area contributed by atoms with Crippen molar-refractivity contribution in [3.8, 4) is 11.3 Å². The molecule has 6 nitrogen and oxygen atoms in total. The van der Waals surface area contributed by atoms with E-state index in [4.69, 9.17) is 0 Å². The van der Waals surface area contributed by atoms with Crippen molar-refractivity contribution in [3.05, 3.63) is 35.8 Å². The number of hydrogen-bond donors (Lipinski definition) is 2. The van der Waals surface area contributed by atoms with Crippen LogP contribution in [0.2, 0.25) is 0 Å². The van der Waals surface area contributed by atoms with Gasteiger partial charge in [-0.2, -0.15) is 0 Å². The van der Waals surface area contributed by atoms with Gasteiger partial charge in [-0.1, -0.05) is 31.0 Å². The average molecular weight is 395 g/mol. The quantitative estimate of drug-likeness (QED) is 0.701. The van der Waals surface area contributed by atoms with Crippen LogP contribution in [-0.4, -0.2) is 39.3 Å². The highest BCUT2D eigenvalue weighted by Gasteiger charge is 2.38. The number of amides is 2. The molecule has 1 saturated heterocycles. The Labute approximate surface area is 167 Å². The first-order chi connectivity index (χ1) is 13.7. The summed E-state index contributed by atoms with van der Waals surface area (Å²) in [5.41, 5.74) is 2.93. The first-order valence-corrected chi connectivity index (χ1v) is 10.7. The topological polar surface area (TPSA) is 78.1 Å². The number of aromatic nitrogens is 2. The zero-order valence-corrected chi connectivity index (χ0v) is 16.3. The number of nitrogens with zero attached hydrogens (tertiary/aromatic N) is 2. The van der Waals surface area contributed by atoms with E-state index in [1.165, 1.54) is 24.2 Å². The number of likely N-dealkylation sites (tertiary alicyclic amines) is 1. The Kier molecular flexibility index (Phi) is 4.39. The number of carbonyl (C=O) groups is 2. The summed E-state index contributed by atoms with van der Waals surface area (Å²) in [6.07, 6.45) is 6.76. The molecular formula is C21H22N4O2S. The molecule has 5 rings (SSSR count). The van der Waals surface area contributed by atoms with E-state index in [-0.39, 0.29) is 17.7 Å². The lowest BCUT2D eigenvalue weighted by molar-refractivity contribution is -0.129. The molecule has 1 saturated carbocycles. The van der Waals surface area contributed by atoms with Crippen molar-refractivity contribution in [2.24, 2.45) is 5.92 Å². The Bertz CT molecular complexity index is 1030. The number of aromatic amines is 1. The van der Waals surface area contributed by atoms with Gasteiger partial charge in [0.2, 0.25) is 11.8 Å². The van der Waals surface area contributed by atoms with Crippen molar-refractivity contribution >= 4 is 39.2 Å². The maximum absolute atomic E-state index is 12.7. The molecule has 2 aromatic heterocycles. The second kappa shape index (κ2) is 7.05. The lowest BCUT2D eigenvalue weighted by Gasteiger charge is -2.23. The number of hydrogen-bond acceptors (Lipinski definition) is 4. The van der Waals surface area contributed by atoms with E-state index in [0.717, 1.165) is 35.0 Å². The molecule has 1 aliphatic carbocycles. The minimum absolute atomic E-state index is 0.103. The van der Waals surface area contributed by atoms with Gasteiger partial charge < -0.3 is 15.2 Å². The molecule has 0 bridgehead atoms. The highest BCUT2D eigenvalue weighted by molar-refractivity contribution is 7.14. The van der Waals surface area contributed by atoms with Gasteiger partial charge in [0.15, 0.2) is 5.13 Å².